The van der Waals surface area contributed by atoms with Crippen LogP contribution in [-0.4, -0.2) is 70.0 Å². The Morgan fingerprint density at radius 3 is 1.98 bits per heavy atom. The molecular weight excluding hydrogens is 533 g/mol. The van der Waals surface area contributed by atoms with E-state index < -0.39 is 32.5 Å². The zero-order chi connectivity index (χ0) is 30.1. The SMILES string of the molecule is CCCCC/C=C\C/C=C\CCCCCCCCCC(=O)OC(COC(C)=O)COP(=O)([O-])OCC[N+](C)(C)C. The van der Waals surface area contributed by atoms with Crippen molar-refractivity contribution in [3.05, 3.63) is 24.3 Å². The van der Waals surface area contributed by atoms with Gasteiger partial charge in [-0.2, -0.15) is 0 Å². The van der Waals surface area contributed by atoms with Crippen LogP contribution in [-0.2, 0) is 32.7 Å². The smallest absolute Gasteiger partial charge is 0.306 e. The predicted molar refractivity (Wildman–Crippen MR) is 158 cm³/mol. The first-order valence-electron chi connectivity index (χ1n) is 15.0. The van der Waals surface area contributed by atoms with Gasteiger partial charge < -0.3 is 27.9 Å². The molecule has 2 unspecified atom stereocenters. The number of esters is 2. The van der Waals surface area contributed by atoms with Crippen LogP contribution in [0.4, 0.5) is 0 Å². The molecule has 0 saturated carbocycles. The molecule has 0 heterocycles. The van der Waals surface area contributed by atoms with Crippen molar-refractivity contribution < 1.29 is 42.1 Å². The van der Waals surface area contributed by atoms with Crippen LogP contribution >= 0.6 is 7.82 Å². The number of phosphoric acid groups is 1. The number of rotatable bonds is 26. The van der Waals surface area contributed by atoms with Crippen LogP contribution in [0.2, 0.25) is 0 Å². The summed E-state index contributed by atoms with van der Waals surface area (Å²) in [6.45, 7) is 3.12. The average molecular weight is 590 g/mol. The Balaban J connectivity index is 4.02. The molecule has 0 amide bonds. The third-order valence-electron chi connectivity index (χ3n) is 6.03. The summed E-state index contributed by atoms with van der Waals surface area (Å²) in [6, 6.07) is 0. The van der Waals surface area contributed by atoms with Crippen molar-refractivity contribution in [3.63, 3.8) is 0 Å². The lowest BCUT2D eigenvalue weighted by Crippen LogP contribution is -2.37. The second-order valence-corrected chi connectivity index (χ2v) is 12.6. The van der Waals surface area contributed by atoms with Gasteiger partial charge in [-0.05, 0) is 38.5 Å². The van der Waals surface area contributed by atoms with Gasteiger partial charge in [0.05, 0.1) is 27.7 Å². The highest BCUT2D eigenvalue weighted by Crippen LogP contribution is 2.38. The molecule has 0 spiro atoms. The predicted octanol–water partition coefficient (Wildman–Crippen LogP) is 6.26. The van der Waals surface area contributed by atoms with E-state index >= 15 is 0 Å². The monoisotopic (exact) mass is 589 g/mol. The second kappa shape index (κ2) is 24.1. The third kappa shape index (κ3) is 28.0. The van der Waals surface area contributed by atoms with Gasteiger partial charge in [-0.3, -0.25) is 14.2 Å². The molecular formula is C30H56NO8P. The lowest BCUT2D eigenvalue weighted by atomic mass is 10.1. The summed E-state index contributed by atoms with van der Waals surface area (Å²) >= 11 is 0. The minimum atomic E-state index is -4.58. The molecule has 0 saturated heterocycles. The van der Waals surface area contributed by atoms with Gasteiger partial charge >= 0.3 is 11.9 Å². The standard InChI is InChI=1S/C30H56NO8P/c1-6-7-8-9-10-11-12-13-14-15-16-17-18-19-20-21-22-23-30(33)39-29(26-36-28(2)32)27-38-40(34,35)37-25-24-31(3,4)5/h10-11,13-14,29H,6-9,12,15-27H2,1-5H3/b11-10-,14-13-. The van der Waals surface area contributed by atoms with Gasteiger partial charge in [0.1, 0.15) is 19.8 Å². The highest BCUT2D eigenvalue weighted by Gasteiger charge is 2.21. The summed E-state index contributed by atoms with van der Waals surface area (Å²) in [5.74, 6) is -1.04. The molecule has 40 heavy (non-hydrogen) atoms. The minimum absolute atomic E-state index is 0.0349. The van der Waals surface area contributed by atoms with Gasteiger partial charge in [-0.1, -0.05) is 76.2 Å². The van der Waals surface area contributed by atoms with Crippen molar-refractivity contribution >= 4 is 19.8 Å². The summed E-state index contributed by atoms with van der Waals surface area (Å²) in [4.78, 5) is 35.4. The molecule has 0 aromatic rings. The van der Waals surface area contributed by atoms with Crippen molar-refractivity contribution in [2.24, 2.45) is 0 Å². The maximum absolute atomic E-state index is 12.3. The number of allylic oxidation sites excluding steroid dienone is 4. The maximum Gasteiger partial charge on any atom is 0.306 e. The summed E-state index contributed by atoms with van der Waals surface area (Å²) < 4.78 is 32.5. The molecule has 234 valence electrons. The van der Waals surface area contributed by atoms with Gasteiger partial charge in [0.2, 0.25) is 0 Å². The summed E-state index contributed by atoms with van der Waals surface area (Å²) in [7, 11) is 1.14. The van der Waals surface area contributed by atoms with E-state index in [-0.39, 0.29) is 19.6 Å². The highest BCUT2D eigenvalue weighted by molar-refractivity contribution is 7.45. The first-order chi connectivity index (χ1) is 18.9. The Labute approximate surface area is 243 Å². The number of phosphoric ester groups is 1. The maximum atomic E-state index is 12.3. The van der Waals surface area contributed by atoms with Crippen LogP contribution in [0.25, 0.3) is 0 Å². The Morgan fingerprint density at radius 1 is 0.825 bits per heavy atom. The molecule has 2 atom stereocenters. The Kier molecular flexibility index (Phi) is 23.2. The third-order valence-corrected chi connectivity index (χ3v) is 7.00. The van der Waals surface area contributed by atoms with Crippen molar-refractivity contribution in [1.29, 1.82) is 0 Å². The minimum Gasteiger partial charge on any atom is -0.756 e. The molecule has 0 N–H and O–H groups in total. The fraction of sp³-hybridized carbons (Fsp3) is 0.800. The van der Waals surface area contributed by atoms with Gasteiger partial charge in [-0.25, -0.2) is 0 Å². The molecule has 0 rings (SSSR count). The van der Waals surface area contributed by atoms with E-state index in [4.69, 9.17) is 18.5 Å². The second-order valence-electron chi connectivity index (χ2n) is 11.2. The molecule has 0 aliphatic carbocycles. The topological polar surface area (TPSA) is 111 Å². The Morgan fingerprint density at radius 2 is 1.40 bits per heavy atom. The first kappa shape index (κ1) is 38.5. The number of unbranched alkanes of at least 4 members (excludes halogenated alkanes) is 10. The van der Waals surface area contributed by atoms with Crippen LogP contribution < -0.4 is 4.89 Å². The molecule has 0 aromatic heterocycles. The van der Waals surface area contributed by atoms with Crippen molar-refractivity contribution in [2.45, 2.75) is 110 Å². The van der Waals surface area contributed by atoms with Gasteiger partial charge in [0, 0.05) is 13.3 Å². The molecule has 0 radical (unpaired) electrons. The highest BCUT2D eigenvalue weighted by atomic mass is 31.2. The number of quaternary nitrogens is 1. The largest absolute Gasteiger partial charge is 0.756 e. The number of carbonyl (C=O) groups excluding carboxylic acids is 2. The van der Waals surface area contributed by atoms with Crippen molar-refractivity contribution in [3.8, 4) is 0 Å². The molecule has 0 fully saturated rings. The lowest BCUT2D eigenvalue weighted by Gasteiger charge is -2.28. The summed E-state index contributed by atoms with van der Waals surface area (Å²) in [5.41, 5.74) is 0. The van der Waals surface area contributed by atoms with E-state index in [0.717, 1.165) is 32.1 Å². The molecule has 0 aromatic carbocycles. The summed E-state index contributed by atoms with van der Waals surface area (Å²) in [5, 5.41) is 0. The van der Waals surface area contributed by atoms with E-state index in [1.54, 1.807) is 0 Å². The zero-order valence-electron chi connectivity index (χ0n) is 25.8. The van der Waals surface area contributed by atoms with Crippen molar-refractivity contribution in [1.82, 2.24) is 0 Å². The summed E-state index contributed by atoms with van der Waals surface area (Å²) in [6.07, 6.45) is 22.8. The quantitative estimate of drug-likeness (QED) is 0.0382. The van der Waals surface area contributed by atoms with Gasteiger partial charge in [0.25, 0.3) is 7.82 Å². The van der Waals surface area contributed by atoms with Crippen LogP contribution in [0.3, 0.4) is 0 Å². The molecule has 9 nitrogen and oxygen atoms in total. The van der Waals surface area contributed by atoms with Crippen LogP contribution in [0.5, 0.6) is 0 Å². The zero-order valence-corrected chi connectivity index (χ0v) is 26.7. The number of hydrogen-bond donors (Lipinski definition) is 0. The number of hydrogen-bond acceptors (Lipinski definition) is 8. The molecule has 0 bridgehead atoms. The molecule has 10 heteroatoms. The first-order valence-corrected chi connectivity index (χ1v) is 16.4. The number of likely N-dealkylation sites (N-methyl/N-ethyl adjacent to an activating group) is 1. The number of nitrogens with zero attached hydrogens (tertiary/aromatic N) is 1. The van der Waals surface area contributed by atoms with E-state index in [0.29, 0.717) is 17.4 Å². The lowest BCUT2D eigenvalue weighted by molar-refractivity contribution is -0.870. The van der Waals surface area contributed by atoms with Gasteiger partial charge in [0.15, 0.2) is 6.10 Å². The van der Waals surface area contributed by atoms with E-state index in [9.17, 15) is 19.0 Å². The van der Waals surface area contributed by atoms with E-state index in [2.05, 4.69) is 31.2 Å². The van der Waals surface area contributed by atoms with Crippen molar-refractivity contribution in [2.75, 3.05) is 47.5 Å². The molecule has 0 aliphatic heterocycles. The molecule has 0 aliphatic rings. The van der Waals surface area contributed by atoms with Crippen LogP contribution in [0.1, 0.15) is 104 Å². The Bertz CT molecular complexity index is 763. The van der Waals surface area contributed by atoms with Crippen LogP contribution in [0.15, 0.2) is 24.3 Å². The van der Waals surface area contributed by atoms with Crippen LogP contribution in [0, 0.1) is 0 Å². The Hall–Kier alpha value is -1.51. The normalized spacial score (nSPS) is 14.4. The fourth-order valence-electron chi connectivity index (χ4n) is 3.64. The van der Waals surface area contributed by atoms with Gasteiger partial charge in [-0.15, -0.1) is 0 Å². The fourth-order valence-corrected chi connectivity index (χ4v) is 4.37. The van der Waals surface area contributed by atoms with E-state index in [1.807, 2.05) is 21.1 Å². The number of ether oxygens (including phenoxy) is 2. The van der Waals surface area contributed by atoms with E-state index in [1.165, 1.54) is 51.9 Å². The average Bonchev–Trinajstić information content (AvgIpc) is 2.86. The number of carbonyl (C=O) groups is 2.